The van der Waals surface area contributed by atoms with Crippen molar-refractivity contribution in [1.29, 1.82) is 0 Å². The molecular weight excluding hydrogens is 198 g/mol. The molecule has 0 bridgehead atoms. The molecule has 0 spiro atoms. The highest BCUT2D eigenvalue weighted by Crippen LogP contribution is 2.09. The van der Waals surface area contributed by atoms with Crippen LogP contribution in [0.2, 0.25) is 0 Å². The predicted octanol–water partition coefficient (Wildman–Crippen LogP) is 2.99. The average Bonchev–Trinajstić information content (AvgIpc) is 2.71. The van der Waals surface area contributed by atoms with Gasteiger partial charge < -0.3 is 5.32 Å². The van der Waals surface area contributed by atoms with E-state index in [4.69, 9.17) is 0 Å². The lowest BCUT2D eigenvalue weighted by Crippen LogP contribution is -2.17. The molecule has 1 rings (SSSR count). The van der Waals surface area contributed by atoms with Crippen LogP contribution in [-0.2, 0) is 6.54 Å². The first-order valence-corrected chi connectivity index (χ1v) is 6.38. The number of hydrogen-bond donors (Lipinski definition) is 1. The van der Waals surface area contributed by atoms with E-state index in [1.54, 1.807) is 0 Å². The van der Waals surface area contributed by atoms with Gasteiger partial charge in [-0.3, -0.25) is 4.68 Å². The zero-order chi connectivity index (χ0) is 12.0. The molecule has 1 N–H and O–H groups in total. The summed E-state index contributed by atoms with van der Waals surface area (Å²) >= 11 is 0. The van der Waals surface area contributed by atoms with Gasteiger partial charge in [-0.2, -0.15) is 5.10 Å². The molecule has 0 aromatic carbocycles. The quantitative estimate of drug-likeness (QED) is 0.720. The normalized spacial score (nSPS) is 13.3. The Labute approximate surface area is 99.2 Å². The molecule has 0 aliphatic rings. The number of aromatic nitrogens is 2. The van der Waals surface area contributed by atoms with Gasteiger partial charge in [-0.15, -0.1) is 0 Å². The van der Waals surface area contributed by atoms with Gasteiger partial charge >= 0.3 is 0 Å². The Morgan fingerprint density at radius 1 is 1.38 bits per heavy atom. The zero-order valence-electron chi connectivity index (χ0n) is 11.0. The van der Waals surface area contributed by atoms with Gasteiger partial charge in [0.15, 0.2) is 0 Å². The fourth-order valence-electron chi connectivity index (χ4n) is 1.51. The first-order valence-electron chi connectivity index (χ1n) is 6.38. The Kier molecular flexibility index (Phi) is 5.53. The van der Waals surface area contributed by atoms with Crippen LogP contribution in [0.5, 0.6) is 0 Å². The molecule has 1 aromatic heterocycles. The predicted molar refractivity (Wildman–Crippen MR) is 68.4 cm³/mol. The number of nitrogens with zero attached hydrogens (tertiary/aromatic N) is 2. The molecule has 92 valence electrons. The summed E-state index contributed by atoms with van der Waals surface area (Å²) in [6.45, 7) is 10.8. The van der Waals surface area contributed by atoms with E-state index in [2.05, 4.69) is 55.1 Å². The maximum Gasteiger partial charge on any atom is 0.0762 e. The summed E-state index contributed by atoms with van der Waals surface area (Å²) in [6, 6.07) is 2.61. The molecule has 0 saturated carbocycles. The standard InChI is InChI=1S/C13H25N3/c1-5-12(4)16-9-7-13(15-16)10-14-8-6-11(2)3/h7,9,11-12,14H,5-6,8,10H2,1-4H3. The summed E-state index contributed by atoms with van der Waals surface area (Å²) in [7, 11) is 0. The minimum atomic E-state index is 0.504. The monoisotopic (exact) mass is 223 g/mol. The van der Waals surface area contributed by atoms with Crippen LogP contribution in [0.1, 0.15) is 52.3 Å². The first-order chi connectivity index (χ1) is 7.63. The van der Waals surface area contributed by atoms with Gasteiger partial charge in [-0.25, -0.2) is 0 Å². The lowest BCUT2D eigenvalue weighted by Gasteiger charge is -2.08. The third kappa shape index (κ3) is 4.35. The van der Waals surface area contributed by atoms with Crippen molar-refractivity contribution < 1.29 is 0 Å². The number of rotatable bonds is 7. The van der Waals surface area contributed by atoms with Crippen LogP contribution in [0.4, 0.5) is 0 Å². The Bertz CT molecular complexity index is 291. The van der Waals surface area contributed by atoms with Crippen molar-refractivity contribution in [2.75, 3.05) is 6.54 Å². The number of nitrogens with one attached hydrogen (secondary N) is 1. The van der Waals surface area contributed by atoms with Gasteiger partial charge in [-0.1, -0.05) is 20.8 Å². The largest absolute Gasteiger partial charge is 0.311 e. The van der Waals surface area contributed by atoms with Crippen LogP contribution in [-0.4, -0.2) is 16.3 Å². The summed E-state index contributed by atoms with van der Waals surface area (Å²) in [5.74, 6) is 0.769. The van der Waals surface area contributed by atoms with Crippen molar-refractivity contribution in [2.24, 2.45) is 5.92 Å². The molecule has 16 heavy (non-hydrogen) atoms. The minimum absolute atomic E-state index is 0.504. The molecule has 3 heteroatoms. The van der Waals surface area contributed by atoms with Crippen molar-refractivity contribution in [3.63, 3.8) is 0 Å². The lowest BCUT2D eigenvalue weighted by atomic mass is 10.1. The van der Waals surface area contributed by atoms with E-state index in [-0.39, 0.29) is 0 Å². The van der Waals surface area contributed by atoms with Crippen LogP contribution in [0.15, 0.2) is 12.3 Å². The van der Waals surface area contributed by atoms with Crippen molar-refractivity contribution in [1.82, 2.24) is 15.1 Å². The van der Waals surface area contributed by atoms with Gasteiger partial charge in [0.05, 0.1) is 5.69 Å². The molecule has 0 amide bonds. The lowest BCUT2D eigenvalue weighted by molar-refractivity contribution is 0.469. The fourth-order valence-corrected chi connectivity index (χ4v) is 1.51. The van der Waals surface area contributed by atoms with Crippen molar-refractivity contribution in [2.45, 2.75) is 53.1 Å². The summed E-state index contributed by atoms with van der Waals surface area (Å²) in [6.07, 6.45) is 4.43. The fraction of sp³-hybridized carbons (Fsp3) is 0.769. The molecular formula is C13H25N3. The summed E-state index contributed by atoms with van der Waals surface area (Å²) in [4.78, 5) is 0. The SMILES string of the molecule is CCC(C)n1ccc(CNCCC(C)C)n1. The Hall–Kier alpha value is -0.830. The van der Waals surface area contributed by atoms with Crippen LogP contribution in [0, 0.1) is 5.92 Å². The van der Waals surface area contributed by atoms with Gasteiger partial charge in [0.2, 0.25) is 0 Å². The molecule has 0 saturated heterocycles. The Morgan fingerprint density at radius 2 is 2.12 bits per heavy atom. The van der Waals surface area contributed by atoms with Crippen LogP contribution >= 0.6 is 0 Å². The molecule has 0 aliphatic heterocycles. The molecule has 1 heterocycles. The Balaban J connectivity index is 2.29. The molecule has 1 aromatic rings. The van der Waals surface area contributed by atoms with E-state index < -0.39 is 0 Å². The van der Waals surface area contributed by atoms with Gasteiger partial charge in [-0.05, 0) is 38.3 Å². The van der Waals surface area contributed by atoms with E-state index >= 15 is 0 Å². The highest BCUT2D eigenvalue weighted by atomic mass is 15.3. The topological polar surface area (TPSA) is 29.9 Å². The van der Waals surface area contributed by atoms with E-state index in [1.807, 2.05) is 0 Å². The van der Waals surface area contributed by atoms with Gasteiger partial charge in [0, 0.05) is 18.8 Å². The minimum Gasteiger partial charge on any atom is -0.311 e. The van der Waals surface area contributed by atoms with Gasteiger partial charge in [0.25, 0.3) is 0 Å². The van der Waals surface area contributed by atoms with Gasteiger partial charge in [0.1, 0.15) is 0 Å². The molecule has 0 radical (unpaired) electrons. The van der Waals surface area contributed by atoms with E-state index in [0.29, 0.717) is 6.04 Å². The number of hydrogen-bond acceptors (Lipinski definition) is 2. The second kappa shape index (κ2) is 6.69. The van der Waals surface area contributed by atoms with Crippen molar-refractivity contribution in [3.8, 4) is 0 Å². The van der Waals surface area contributed by atoms with Crippen LogP contribution < -0.4 is 5.32 Å². The van der Waals surface area contributed by atoms with Crippen molar-refractivity contribution >= 4 is 0 Å². The first kappa shape index (κ1) is 13.2. The Morgan fingerprint density at radius 3 is 2.75 bits per heavy atom. The maximum atomic E-state index is 4.55. The van der Waals surface area contributed by atoms with E-state index in [0.717, 1.165) is 31.1 Å². The zero-order valence-corrected chi connectivity index (χ0v) is 11.0. The average molecular weight is 223 g/mol. The molecule has 1 unspecified atom stereocenters. The highest BCUT2D eigenvalue weighted by Gasteiger charge is 2.04. The summed E-state index contributed by atoms with van der Waals surface area (Å²) in [5.41, 5.74) is 1.14. The third-order valence-electron chi connectivity index (χ3n) is 2.91. The molecule has 0 aliphatic carbocycles. The van der Waals surface area contributed by atoms with E-state index in [9.17, 15) is 0 Å². The second-order valence-corrected chi connectivity index (χ2v) is 4.90. The summed E-state index contributed by atoms with van der Waals surface area (Å²) < 4.78 is 2.06. The highest BCUT2D eigenvalue weighted by molar-refractivity contribution is 4.99. The smallest absolute Gasteiger partial charge is 0.0762 e. The molecule has 0 fully saturated rings. The van der Waals surface area contributed by atoms with E-state index in [1.165, 1.54) is 6.42 Å². The van der Waals surface area contributed by atoms with Crippen LogP contribution in [0.25, 0.3) is 0 Å². The van der Waals surface area contributed by atoms with Crippen molar-refractivity contribution in [3.05, 3.63) is 18.0 Å². The second-order valence-electron chi connectivity index (χ2n) is 4.90. The third-order valence-corrected chi connectivity index (χ3v) is 2.91. The molecule has 1 atom stereocenters. The summed E-state index contributed by atoms with van der Waals surface area (Å²) in [5, 5.41) is 7.98. The molecule has 3 nitrogen and oxygen atoms in total. The maximum absolute atomic E-state index is 4.55. The van der Waals surface area contributed by atoms with Crippen LogP contribution in [0.3, 0.4) is 0 Å².